The van der Waals surface area contributed by atoms with E-state index in [9.17, 15) is 0 Å². The molecule has 0 saturated heterocycles. The zero-order valence-corrected chi connectivity index (χ0v) is 9.84. The van der Waals surface area contributed by atoms with Crippen molar-refractivity contribution in [1.29, 1.82) is 0 Å². The number of aliphatic hydroxyl groups excluding tert-OH is 1. The summed E-state index contributed by atoms with van der Waals surface area (Å²) in [6.45, 7) is 3.72. The van der Waals surface area contributed by atoms with Gasteiger partial charge in [0.1, 0.15) is 5.75 Å². The molecule has 0 bridgehead atoms. The molecule has 4 heteroatoms. The smallest absolute Gasteiger partial charge is 0.322 e. The molecule has 0 aliphatic carbocycles. The van der Waals surface area contributed by atoms with Crippen molar-refractivity contribution < 1.29 is 9.84 Å². The average Bonchev–Trinajstić information content (AvgIpc) is 2.32. The zero-order valence-electron chi connectivity index (χ0n) is 9.84. The fraction of sp³-hybridized carbons (Fsp3) is 0.231. The number of para-hydroxylation sites is 1. The van der Waals surface area contributed by atoms with Gasteiger partial charge in [-0.25, -0.2) is 4.98 Å². The molecule has 1 aromatic carbocycles. The molecule has 2 aromatic rings. The molecular formula is C13H14N2O2. The largest absolute Gasteiger partial charge is 0.424 e. The van der Waals surface area contributed by atoms with Crippen LogP contribution in [0.25, 0.3) is 0 Å². The van der Waals surface area contributed by atoms with Gasteiger partial charge >= 0.3 is 6.01 Å². The Morgan fingerprint density at radius 3 is 2.65 bits per heavy atom. The van der Waals surface area contributed by atoms with E-state index in [0.29, 0.717) is 11.6 Å². The number of ether oxygens (including phenoxy) is 1. The van der Waals surface area contributed by atoms with Gasteiger partial charge < -0.3 is 9.84 Å². The summed E-state index contributed by atoms with van der Waals surface area (Å²) in [4.78, 5) is 8.24. The van der Waals surface area contributed by atoms with E-state index < -0.39 is 0 Å². The Kier molecular flexibility index (Phi) is 3.35. The molecule has 1 heterocycles. The van der Waals surface area contributed by atoms with Gasteiger partial charge in [0.05, 0.1) is 12.3 Å². The molecule has 0 saturated carbocycles. The quantitative estimate of drug-likeness (QED) is 0.879. The van der Waals surface area contributed by atoms with Gasteiger partial charge in [-0.05, 0) is 25.5 Å². The molecule has 17 heavy (non-hydrogen) atoms. The molecular weight excluding hydrogens is 216 g/mol. The number of hydrogen-bond acceptors (Lipinski definition) is 4. The molecule has 0 unspecified atom stereocenters. The van der Waals surface area contributed by atoms with E-state index in [0.717, 1.165) is 17.0 Å². The molecule has 0 fully saturated rings. The Balaban J connectivity index is 2.25. The number of aryl methyl sites for hydroxylation is 2. The third-order valence-electron chi connectivity index (χ3n) is 2.52. The Morgan fingerprint density at radius 2 is 2.00 bits per heavy atom. The topological polar surface area (TPSA) is 55.2 Å². The van der Waals surface area contributed by atoms with Crippen LogP contribution in [0.3, 0.4) is 0 Å². The number of benzene rings is 1. The lowest BCUT2D eigenvalue weighted by Gasteiger charge is -2.08. The highest BCUT2D eigenvalue weighted by atomic mass is 16.5. The van der Waals surface area contributed by atoms with Crippen LogP contribution in [0.2, 0.25) is 0 Å². The van der Waals surface area contributed by atoms with Gasteiger partial charge in [0.2, 0.25) is 0 Å². The predicted molar refractivity (Wildman–Crippen MR) is 63.9 cm³/mol. The summed E-state index contributed by atoms with van der Waals surface area (Å²) < 4.78 is 5.59. The Labute approximate surface area is 99.9 Å². The van der Waals surface area contributed by atoms with Crippen LogP contribution < -0.4 is 4.74 Å². The number of nitrogens with zero attached hydrogens (tertiary/aromatic N) is 2. The SMILES string of the molecule is Cc1ccccc1Oc1ncc(CO)c(C)n1. The molecule has 0 aliphatic heterocycles. The van der Waals surface area contributed by atoms with Gasteiger partial charge in [0.25, 0.3) is 0 Å². The van der Waals surface area contributed by atoms with Crippen LogP contribution in [0.5, 0.6) is 11.8 Å². The third kappa shape index (κ3) is 2.60. The monoisotopic (exact) mass is 230 g/mol. The second-order valence-electron chi connectivity index (χ2n) is 3.79. The van der Waals surface area contributed by atoms with E-state index in [1.807, 2.05) is 38.1 Å². The predicted octanol–water partition coefficient (Wildman–Crippen LogP) is 2.38. The summed E-state index contributed by atoms with van der Waals surface area (Å²) >= 11 is 0. The first-order valence-corrected chi connectivity index (χ1v) is 5.37. The molecule has 2 rings (SSSR count). The highest BCUT2D eigenvalue weighted by molar-refractivity contribution is 5.34. The van der Waals surface area contributed by atoms with E-state index in [1.165, 1.54) is 0 Å². The van der Waals surface area contributed by atoms with Gasteiger partial charge in [-0.3, -0.25) is 0 Å². The van der Waals surface area contributed by atoms with Crippen molar-refractivity contribution in [1.82, 2.24) is 9.97 Å². The molecule has 0 spiro atoms. The summed E-state index contributed by atoms with van der Waals surface area (Å²) in [5.74, 6) is 0.739. The summed E-state index contributed by atoms with van der Waals surface area (Å²) in [5, 5.41) is 9.02. The lowest BCUT2D eigenvalue weighted by molar-refractivity contribution is 0.279. The van der Waals surface area contributed by atoms with E-state index in [2.05, 4.69) is 9.97 Å². The molecule has 1 aromatic heterocycles. The summed E-state index contributed by atoms with van der Waals surface area (Å²) in [7, 11) is 0. The first kappa shape index (κ1) is 11.5. The van der Waals surface area contributed by atoms with Crippen molar-refractivity contribution in [2.24, 2.45) is 0 Å². The summed E-state index contributed by atoms with van der Waals surface area (Å²) in [6, 6.07) is 7.98. The Hall–Kier alpha value is -1.94. The highest BCUT2D eigenvalue weighted by Crippen LogP contribution is 2.22. The van der Waals surface area contributed by atoms with Crippen LogP contribution in [0, 0.1) is 13.8 Å². The normalized spacial score (nSPS) is 10.3. The van der Waals surface area contributed by atoms with Crippen molar-refractivity contribution in [3.8, 4) is 11.8 Å². The van der Waals surface area contributed by atoms with E-state index >= 15 is 0 Å². The number of aromatic nitrogens is 2. The number of rotatable bonds is 3. The molecule has 0 amide bonds. The van der Waals surface area contributed by atoms with Crippen molar-refractivity contribution in [3.05, 3.63) is 47.3 Å². The van der Waals surface area contributed by atoms with Crippen LogP contribution in [0.4, 0.5) is 0 Å². The van der Waals surface area contributed by atoms with Gasteiger partial charge in [0, 0.05) is 11.8 Å². The van der Waals surface area contributed by atoms with Gasteiger partial charge in [-0.1, -0.05) is 18.2 Å². The van der Waals surface area contributed by atoms with Crippen LogP contribution >= 0.6 is 0 Å². The van der Waals surface area contributed by atoms with Crippen LogP contribution in [-0.4, -0.2) is 15.1 Å². The van der Waals surface area contributed by atoms with E-state index in [-0.39, 0.29) is 6.61 Å². The summed E-state index contributed by atoms with van der Waals surface area (Å²) in [6.07, 6.45) is 1.58. The molecule has 88 valence electrons. The maximum Gasteiger partial charge on any atom is 0.322 e. The number of aliphatic hydroxyl groups is 1. The molecule has 0 aliphatic rings. The van der Waals surface area contributed by atoms with Crippen molar-refractivity contribution >= 4 is 0 Å². The number of hydrogen-bond donors (Lipinski definition) is 1. The van der Waals surface area contributed by atoms with Gasteiger partial charge in [-0.15, -0.1) is 0 Å². The average molecular weight is 230 g/mol. The highest BCUT2D eigenvalue weighted by Gasteiger charge is 2.05. The fourth-order valence-electron chi connectivity index (χ4n) is 1.44. The lowest BCUT2D eigenvalue weighted by Crippen LogP contribution is -1.99. The molecule has 0 radical (unpaired) electrons. The Bertz CT molecular complexity index is 527. The first-order chi connectivity index (χ1) is 8.20. The molecule has 0 atom stereocenters. The zero-order chi connectivity index (χ0) is 12.3. The van der Waals surface area contributed by atoms with Crippen molar-refractivity contribution in [2.45, 2.75) is 20.5 Å². The minimum Gasteiger partial charge on any atom is -0.424 e. The lowest BCUT2D eigenvalue weighted by atomic mass is 10.2. The second-order valence-corrected chi connectivity index (χ2v) is 3.79. The first-order valence-electron chi connectivity index (χ1n) is 5.37. The van der Waals surface area contributed by atoms with Gasteiger partial charge in [0.15, 0.2) is 0 Å². The maximum absolute atomic E-state index is 9.02. The van der Waals surface area contributed by atoms with Crippen molar-refractivity contribution in [3.63, 3.8) is 0 Å². The van der Waals surface area contributed by atoms with Crippen LogP contribution in [0.1, 0.15) is 16.8 Å². The second kappa shape index (κ2) is 4.93. The minimum absolute atomic E-state index is 0.0590. The van der Waals surface area contributed by atoms with Crippen LogP contribution in [0.15, 0.2) is 30.5 Å². The van der Waals surface area contributed by atoms with Crippen molar-refractivity contribution in [2.75, 3.05) is 0 Å². The van der Waals surface area contributed by atoms with Gasteiger partial charge in [-0.2, -0.15) is 4.98 Å². The third-order valence-corrected chi connectivity index (χ3v) is 2.52. The van der Waals surface area contributed by atoms with E-state index in [1.54, 1.807) is 6.20 Å². The standard InChI is InChI=1S/C13H14N2O2/c1-9-5-3-4-6-12(9)17-13-14-7-11(8-16)10(2)15-13/h3-7,16H,8H2,1-2H3. The fourth-order valence-corrected chi connectivity index (χ4v) is 1.44. The molecule has 4 nitrogen and oxygen atoms in total. The Morgan fingerprint density at radius 1 is 1.24 bits per heavy atom. The summed E-state index contributed by atoms with van der Waals surface area (Å²) in [5.41, 5.74) is 2.47. The maximum atomic E-state index is 9.02. The van der Waals surface area contributed by atoms with Crippen LogP contribution in [-0.2, 0) is 6.61 Å². The molecule has 1 N–H and O–H groups in total. The van der Waals surface area contributed by atoms with E-state index in [4.69, 9.17) is 9.84 Å². The minimum atomic E-state index is -0.0590.